The van der Waals surface area contributed by atoms with E-state index in [1.165, 1.54) is 6.21 Å². The van der Waals surface area contributed by atoms with Gasteiger partial charge in [-0.2, -0.15) is 9.41 Å². The molecule has 1 N–H and O–H groups in total. The summed E-state index contributed by atoms with van der Waals surface area (Å²) < 4.78 is 28.6. The minimum Gasteiger partial charge on any atom is -0.272 e. The van der Waals surface area contributed by atoms with E-state index in [0.29, 0.717) is 0 Å². The number of carbonyl (C=O) groups is 1. The number of sulfonamides is 1. The van der Waals surface area contributed by atoms with Crippen LogP contribution in [0.3, 0.4) is 0 Å². The molecular weight excluding hydrogens is 490 g/mol. The van der Waals surface area contributed by atoms with Crippen LogP contribution >= 0.6 is 15.9 Å². The zero-order valence-electron chi connectivity index (χ0n) is 17.8. The standard InChI is InChI=1S/C24H24BrN3O3S/c1-18-6-12-23(13-7-18)32(30,31)28(16-20-8-10-22(25)11-9-20)17-24(29)27-26-15-21-5-3-4-19(2)14-21/h3-15H,16-17H2,1-2H3,(H,27,29)/b26-15-. The molecule has 0 radical (unpaired) electrons. The maximum Gasteiger partial charge on any atom is 0.255 e. The molecule has 0 bridgehead atoms. The summed E-state index contributed by atoms with van der Waals surface area (Å²) >= 11 is 3.38. The Labute approximate surface area is 197 Å². The summed E-state index contributed by atoms with van der Waals surface area (Å²) in [5, 5.41) is 3.97. The van der Waals surface area contributed by atoms with Crippen molar-refractivity contribution in [2.75, 3.05) is 6.54 Å². The Morgan fingerprint density at radius 2 is 1.69 bits per heavy atom. The maximum atomic E-state index is 13.3. The number of aryl methyl sites for hydroxylation is 2. The molecule has 0 saturated carbocycles. The highest BCUT2D eigenvalue weighted by Gasteiger charge is 2.27. The molecular formula is C24H24BrN3O3S. The zero-order chi connectivity index (χ0) is 23.1. The third-order valence-corrected chi connectivity index (χ3v) is 7.03. The number of rotatable bonds is 8. The number of nitrogens with zero attached hydrogens (tertiary/aromatic N) is 2. The second-order valence-electron chi connectivity index (χ2n) is 7.42. The van der Waals surface area contributed by atoms with Crippen molar-refractivity contribution in [2.24, 2.45) is 5.10 Å². The lowest BCUT2D eigenvalue weighted by Crippen LogP contribution is -2.39. The first-order chi connectivity index (χ1) is 15.2. The van der Waals surface area contributed by atoms with Crippen LogP contribution in [0.1, 0.15) is 22.3 Å². The smallest absolute Gasteiger partial charge is 0.255 e. The normalized spacial score (nSPS) is 11.8. The van der Waals surface area contributed by atoms with E-state index in [4.69, 9.17) is 0 Å². The number of carbonyl (C=O) groups excluding carboxylic acids is 1. The van der Waals surface area contributed by atoms with E-state index in [1.807, 2.05) is 62.4 Å². The van der Waals surface area contributed by atoms with Crippen LogP contribution in [-0.4, -0.2) is 31.4 Å². The first-order valence-electron chi connectivity index (χ1n) is 9.94. The molecule has 166 valence electrons. The molecule has 0 aliphatic heterocycles. The van der Waals surface area contributed by atoms with Crippen molar-refractivity contribution in [3.8, 4) is 0 Å². The molecule has 3 rings (SSSR count). The van der Waals surface area contributed by atoms with Gasteiger partial charge in [0.15, 0.2) is 0 Å². The monoisotopic (exact) mass is 513 g/mol. The molecule has 0 heterocycles. The van der Waals surface area contributed by atoms with Crippen LogP contribution in [-0.2, 0) is 21.4 Å². The van der Waals surface area contributed by atoms with Gasteiger partial charge in [0.25, 0.3) is 5.91 Å². The summed E-state index contributed by atoms with van der Waals surface area (Å²) in [6.45, 7) is 3.54. The molecule has 0 unspecified atom stereocenters. The SMILES string of the molecule is Cc1ccc(S(=O)(=O)N(CC(=O)N/N=C\c2cccc(C)c2)Cc2ccc(Br)cc2)cc1. The quantitative estimate of drug-likeness (QED) is 0.358. The lowest BCUT2D eigenvalue weighted by atomic mass is 10.2. The number of benzene rings is 3. The highest BCUT2D eigenvalue weighted by molar-refractivity contribution is 9.10. The van der Waals surface area contributed by atoms with E-state index in [9.17, 15) is 13.2 Å². The van der Waals surface area contributed by atoms with E-state index in [-0.39, 0.29) is 18.0 Å². The van der Waals surface area contributed by atoms with E-state index in [0.717, 1.165) is 31.0 Å². The lowest BCUT2D eigenvalue weighted by Gasteiger charge is -2.21. The van der Waals surface area contributed by atoms with E-state index in [2.05, 4.69) is 26.5 Å². The molecule has 3 aromatic rings. The molecule has 0 fully saturated rings. The van der Waals surface area contributed by atoms with Crippen molar-refractivity contribution in [3.63, 3.8) is 0 Å². The van der Waals surface area contributed by atoms with Gasteiger partial charge in [-0.25, -0.2) is 13.8 Å². The molecule has 0 saturated heterocycles. The number of hydrazone groups is 1. The molecule has 0 atom stereocenters. The van der Waals surface area contributed by atoms with Crippen LogP contribution in [0.15, 0.2) is 87.3 Å². The fourth-order valence-corrected chi connectivity index (χ4v) is 4.65. The number of nitrogens with one attached hydrogen (secondary N) is 1. The number of hydrogen-bond acceptors (Lipinski definition) is 4. The third-order valence-electron chi connectivity index (χ3n) is 4.70. The van der Waals surface area contributed by atoms with Crippen LogP contribution in [0, 0.1) is 13.8 Å². The summed E-state index contributed by atoms with van der Waals surface area (Å²) in [6, 6.07) is 21.5. The van der Waals surface area contributed by atoms with Crippen LogP contribution in [0.5, 0.6) is 0 Å². The van der Waals surface area contributed by atoms with Crippen molar-refractivity contribution in [1.29, 1.82) is 0 Å². The molecule has 8 heteroatoms. The average Bonchev–Trinajstić information content (AvgIpc) is 2.75. The highest BCUT2D eigenvalue weighted by Crippen LogP contribution is 2.20. The van der Waals surface area contributed by atoms with Gasteiger partial charge in [0, 0.05) is 11.0 Å². The first-order valence-corrected chi connectivity index (χ1v) is 12.2. The average molecular weight is 514 g/mol. The van der Waals surface area contributed by atoms with E-state index >= 15 is 0 Å². The van der Waals surface area contributed by atoms with Gasteiger partial charge in [-0.15, -0.1) is 0 Å². The van der Waals surface area contributed by atoms with Crippen LogP contribution in [0.2, 0.25) is 0 Å². The van der Waals surface area contributed by atoms with Gasteiger partial charge in [0.1, 0.15) is 0 Å². The van der Waals surface area contributed by atoms with Gasteiger partial charge in [-0.05, 0) is 49.2 Å². The molecule has 32 heavy (non-hydrogen) atoms. The van der Waals surface area contributed by atoms with Crippen molar-refractivity contribution >= 4 is 38.1 Å². The van der Waals surface area contributed by atoms with Crippen molar-refractivity contribution in [3.05, 3.63) is 99.5 Å². The Kier molecular flexibility index (Phi) is 7.95. The highest BCUT2D eigenvalue weighted by atomic mass is 79.9. The Morgan fingerprint density at radius 1 is 1.00 bits per heavy atom. The summed E-state index contributed by atoms with van der Waals surface area (Å²) in [6.07, 6.45) is 1.53. The van der Waals surface area contributed by atoms with E-state index in [1.54, 1.807) is 24.3 Å². The van der Waals surface area contributed by atoms with Gasteiger partial charge in [0.2, 0.25) is 10.0 Å². The fraction of sp³-hybridized carbons (Fsp3) is 0.167. The fourth-order valence-electron chi connectivity index (χ4n) is 3.00. The van der Waals surface area contributed by atoms with Gasteiger partial charge in [-0.3, -0.25) is 4.79 Å². The van der Waals surface area contributed by atoms with Gasteiger partial charge in [0.05, 0.1) is 17.7 Å². The predicted octanol–water partition coefficient (Wildman–Crippen LogP) is 4.41. The van der Waals surface area contributed by atoms with Gasteiger partial charge >= 0.3 is 0 Å². The minimum absolute atomic E-state index is 0.0541. The summed E-state index contributed by atoms with van der Waals surface area (Å²) in [5.74, 6) is -0.526. The molecule has 0 aliphatic rings. The number of hydrogen-bond donors (Lipinski definition) is 1. The third kappa shape index (κ3) is 6.59. The first kappa shape index (κ1) is 23.8. The summed E-state index contributed by atoms with van der Waals surface area (Å²) in [5.41, 5.74) is 6.05. The second-order valence-corrected chi connectivity index (χ2v) is 10.3. The molecule has 3 aromatic carbocycles. The molecule has 0 aliphatic carbocycles. The number of halogens is 1. The predicted molar refractivity (Wildman–Crippen MR) is 130 cm³/mol. The zero-order valence-corrected chi connectivity index (χ0v) is 20.2. The largest absolute Gasteiger partial charge is 0.272 e. The minimum atomic E-state index is -3.90. The maximum absolute atomic E-state index is 13.3. The van der Waals surface area contributed by atoms with Gasteiger partial charge in [-0.1, -0.05) is 75.6 Å². The number of amides is 1. The Hall–Kier alpha value is -2.81. The van der Waals surface area contributed by atoms with Crippen molar-refractivity contribution < 1.29 is 13.2 Å². The van der Waals surface area contributed by atoms with Crippen molar-refractivity contribution in [1.82, 2.24) is 9.73 Å². The summed E-state index contributed by atoms with van der Waals surface area (Å²) in [4.78, 5) is 12.7. The Balaban J connectivity index is 1.79. The topological polar surface area (TPSA) is 78.8 Å². The Bertz CT molecular complexity index is 1210. The molecule has 1 amide bonds. The van der Waals surface area contributed by atoms with E-state index < -0.39 is 15.9 Å². The van der Waals surface area contributed by atoms with Crippen LogP contribution < -0.4 is 5.43 Å². The molecule has 0 spiro atoms. The molecule has 0 aromatic heterocycles. The Morgan fingerprint density at radius 3 is 2.34 bits per heavy atom. The molecule has 6 nitrogen and oxygen atoms in total. The van der Waals surface area contributed by atoms with Crippen LogP contribution in [0.4, 0.5) is 0 Å². The van der Waals surface area contributed by atoms with Crippen LogP contribution in [0.25, 0.3) is 0 Å². The second kappa shape index (κ2) is 10.7. The summed E-state index contributed by atoms with van der Waals surface area (Å²) in [7, 11) is -3.90. The van der Waals surface area contributed by atoms with Crippen molar-refractivity contribution in [2.45, 2.75) is 25.3 Å². The lowest BCUT2D eigenvalue weighted by molar-refractivity contribution is -0.121. The van der Waals surface area contributed by atoms with Gasteiger partial charge < -0.3 is 0 Å².